The molecule has 0 atom stereocenters. The van der Waals surface area contributed by atoms with Crippen LogP contribution in [0.3, 0.4) is 0 Å². The Bertz CT molecular complexity index is 1560. The van der Waals surface area contributed by atoms with Crippen LogP contribution in [0.4, 0.5) is 36.2 Å². The zero-order valence-corrected chi connectivity index (χ0v) is 24.1. The standard InChI is InChI=1S/C26H33F3N8O3S/c1-17-24(37-25(31-17)22(30-16-34(2)3)12-23(33-37)36-8-10-40-11-9-36)32-21-7-5-6-20(26(27,28)29)19(21)15-35-13-18(14-35)41(4,38)39/h5-7,12,16,18,32H,8-11,13-15H2,1-4H3. The summed E-state index contributed by atoms with van der Waals surface area (Å²) >= 11 is 0. The quantitative estimate of drug-likeness (QED) is 0.311. The smallest absolute Gasteiger partial charge is 0.378 e. The second-order valence-corrected chi connectivity index (χ2v) is 12.9. The third-order valence-corrected chi connectivity index (χ3v) is 8.64. The largest absolute Gasteiger partial charge is 0.416 e. The van der Waals surface area contributed by atoms with E-state index < -0.39 is 26.8 Å². The molecular formula is C26H33F3N8O3S. The third-order valence-electron chi connectivity index (χ3n) is 7.13. The molecule has 1 N–H and O–H groups in total. The van der Waals surface area contributed by atoms with E-state index in [1.807, 2.05) is 20.2 Å². The zero-order valence-electron chi connectivity index (χ0n) is 23.3. The van der Waals surface area contributed by atoms with Crippen LogP contribution in [0.15, 0.2) is 29.3 Å². The van der Waals surface area contributed by atoms with E-state index in [0.29, 0.717) is 55.0 Å². The molecule has 1 aromatic carbocycles. The van der Waals surface area contributed by atoms with E-state index in [1.165, 1.54) is 6.07 Å². The van der Waals surface area contributed by atoms with E-state index in [-0.39, 0.29) is 30.9 Å². The summed E-state index contributed by atoms with van der Waals surface area (Å²) < 4.78 is 73.2. The van der Waals surface area contributed by atoms with Crippen molar-refractivity contribution in [2.75, 3.05) is 70.0 Å². The monoisotopic (exact) mass is 594 g/mol. The molecule has 0 amide bonds. The number of fused-ring (bicyclic) bond motifs is 1. The molecule has 2 aliphatic rings. The third kappa shape index (κ3) is 6.26. The number of hydrogen-bond donors (Lipinski definition) is 1. The number of alkyl halides is 3. The highest BCUT2D eigenvalue weighted by atomic mass is 32.2. The number of aromatic nitrogens is 3. The van der Waals surface area contributed by atoms with E-state index in [0.717, 1.165) is 12.3 Å². The van der Waals surface area contributed by atoms with Crippen molar-refractivity contribution in [3.05, 3.63) is 41.1 Å². The van der Waals surface area contributed by atoms with Crippen molar-refractivity contribution >= 4 is 44.8 Å². The maximum Gasteiger partial charge on any atom is 0.416 e. The molecule has 2 aromatic heterocycles. The molecule has 0 saturated carbocycles. The fourth-order valence-corrected chi connectivity index (χ4v) is 5.84. The van der Waals surface area contributed by atoms with Crippen LogP contribution in [0.2, 0.25) is 0 Å². The van der Waals surface area contributed by atoms with Crippen molar-refractivity contribution in [2.24, 2.45) is 4.99 Å². The zero-order chi connectivity index (χ0) is 29.5. The molecule has 0 spiro atoms. The second-order valence-electron chi connectivity index (χ2n) is 10.6. The van der Waals surface area contributed by atoms with Crippen LogP contribution in [0.25, 0.3) is 5.65 Å². The second kappa shape index (κ2) is 11.1. The van der Waals surface area contributed by atoms with Gasteiger partial charge in [0, 0.05) is 70.4 Å². The number of nitrogens with zero attached hydrogens (tertiary/aromatic N) is 7. The summed E-state index contributed by atoms with van der Waals surface area (Å²) in [5.74, 6) is 1.05. The number of halogens is 3. The van der Waals surface area contributed by atoms with Gasteiger partial charge in [-0.2, -0.15) is 17.7 Å². The van der Waals surface area contributed by atoms with Crippen molar-refractivity contribution < 1.29 is 26.3 Å². The minimum absolute atomic E-state index is 0.0245. The maximum absolute atomic E-state index is 14.1. The Balaban J connectivity index is 1.57. The minimum atomic E-state index is -4.60. The van der Waals surface area contributed by atoms with E-state index in [1.54, 1.807) is 33.6 Å². The number of aryl methyl sites for hydroxylation is 1. The van der Waals surface area contributed by atoms with Gasteiger partial charge in [0.1, 0.15) is 5.69 Å². The first-order chi connectivity index (χ1) is 19.3. The van der Waals surface area contributed by atoms with Gasteiger partial charge >= 0.3 is 6.18 Å². The van der Waals surface area contributed by atoms with Crippen LogP contribution in [0.5, 0.6) is 0 Å². The molecule has 4 heterocycles. The highest BCUT2D eigenvalue weighted by Gasteiger charge is 2.38. The number of hydrogen-bond acceptors (Lipinski definition) is 9. The van der Waals surface area contributed by atoms with Crippen LogP contribution in [0.1, 0.15) is 16.8 Å². The Morgan fingerprint density at radius 3 is 2.56 bits per heavy atom. The van der Waals surface area contributed by atoms with Crippen molar-refractivity contribution in [2.45, 2.75) is 24.9 Å². The predicted molar refractivity (Wildman–Crippen MR) is 151 cm³/mol. The normalized spacial score (nSPS) is 17.4. The Morgan fingerprint density at radius 1 is 1.22 bits per heavy atom. The summed E-state index contributed by atoms with van der Waals surface area (Å²) in [6.45, 7) is 4.41. The number of aliphatic imine (C=N–C) groups is 1. The topological polar surface area (TPSA) is 108 Å². The molecule has 3 aromatic rings. The average Bonchev–Trinajstić information content (AvgIpc) is 3.19. The Morgan fingerprint density at radius 2 is 1.93 bits per heavy atom. The average molecular weight is 595 g/mol. The van der Waals surface area contributed by atoms with Crippen LogP contribution in [-0.4, -0.2) is 104 Å². The van der Waals surface area contributed by atoms with Crippen molar-refractivity contribution in [1.82, 2.24) is 24.4 Å². The van der Waals surface area contributed by atoms with Gasteiger partial charge in [-0.1, -0.05) is 6.07 Å². The van der Waals surface area contributed by atoms with Gasteiger partial charge in [-0.3, -0.25) is 4.90 Å². The molecule has 0 radical (unpaired) electrons. The lowest BCUT2D eigenvalue weighted by Gasteiger charge is -2.38. The summed E-state index contributed by atoms with van der Waals surface area (Å²) in [4.78, 5) is 14.8. The number of rotatable bonds is 8. The molecule has 11 nitrogen and oxygen atoms in total. The van der Waals surface area contributed by atoms with E-state index >= 15 is 0 Å². The van der Waals surface area contributed by atoms with Crippen LogP contribution in [-0.2, 0) is 27.3 Å². The van der Waals surface area contributed by atoms with Crippen LogP contribution >= 0.6 is 0 Å². The lowest BCUT2D eigenvalue weighted by molar-refractivity contribution is -0.138. The molecule has 2 saturated heterocycles. The summed E-state index contributed by atoms with van der Waals surface area (Å²) in [5, 5.41) is 7.40. The molecule has 15 heteroatoms. The van der Waals surface area contributed by atoms with Gasteiger partial charge in [-0.25, -0.2) is 18.4 Å². The number of morpholine rings is 1. The summed E-state index contributed by atoms with van der Waals surface area (Å²) in [6, 6.07) is 5.81. The van der Waals surface area contributed by atoms with Gasteiger partial charge in [0.25, 0.3) is 0 Å². The van der Waals surface area contributed by atoms with E-state index in [9.17, 15) is 21.6 Å². The van der Waals surface area contributed by atoms with Crippen LogP contribution < -0.4 is 10.2 Å². The molecular weight excluding hydrogens is 561 g/mol. The van der Waals surface area contributed by atoms with Gasteiger partial charge in [-0.15, -0.1) is 5.10 Å². The van der Waals surface area contributed by atoms with Crippen LogP contribution in [0, 0.1) is 6.92 Å². The minimum Gasteiger partial charge on any atom is -0.378 e. The first-order valence-corrected chi connectivity index (χ1v) is 15.1. The SMILES string of the molecule is Cc1nc2c(N=CN(C)C)cc(N3CCOCC3)nn2c1Nc1cccc(C(F)(F)F)c1CN1CC(S(C)(=O)=O)C1. The molecule has 222 valence electrons. The summed E-state index contributed by atoms with van der Waals surface area (Å²) in [7, 11) is 0.430. The van der Waals surface area contributed by atoms with Crippen molar-refractivity contribution in [3.8, 4) is 0 Å². The Kier molecular flexibility index (Phi) is 7.87. The van der Waals surface area contributed by atoms with E-state index in [4.69, 9.17) is 9.84 Å². The Hall–Kier alpha value is -3.43. The van der Waals surface area contributed by atoms with E-state index in [2.05, 4.69) is 20.2 Å². The molecule has 2 fully saturated rings. The van der Waals surface area contributed by atoms with Crippen molar-refractivity contribution in [1.29, 1.82) is 0 Å². The number of anilines is 3. The van der Waals surface area contributed by atoms with Crippen molar-refractivity contribution in [3.63, 3.8) is 0 Å². The van der Waals surface area contributed by atoms with Gasteiger partial charge in [0.15, 0.2) is 27.1 Å². The van der Waals surface area contributed by atoms with Gasteiger partial charge in [-0.05, 0) is 19.1 Å². The summed E-state index contributed by atoms with van der Waals surface area (Å²) in [5.41, 5.74) is 1.02. The summed E-state index contributed by atoms with van der Waals surface area (Å²) in [6.07, 6.45) is -1.80. The lowest BCUT2D eigenvalue weighted by atomic mass is 10.0. The number of ether oxygens (including phenoxy) is 1. The molecule has 2 aliphatic heterocycles. The highest BCUT2D eigenvalue weighted by molar-refractivity contribution is 7.91. The molecule has 0 aliphatic carbocycles. The predicted octanol–water partition coefficient (Wildman–Crippen LogP) is 3.09. The molecule has 0 bridgehead atoms. The molecule has 5 rings (SSSR count). The lowest BCUT2D eigenvalue weighted by Crippen LogP contribution is -2.53. The van der Waals surface area contributed by atoms with Gasteiger partial charge in [0.2, 0.25) is 0 Å². The van der Waals surface area contributed by atoms with Gasteiger partial charge < -0.3 is 19.9 Å². The maximum atomic E-state index is 14.1. The number of nitrogens with one attached hydrogen (secondary N) is 1. The highest BCUT2D eigenvalue weighted by Crippen LogP contribution is 2.38. The number of likely N-dealkylation sites (tertiary alicyclic amines) is 1. The fourth-order valence-electron chi connectivity index (χ4n) is 4.88. The molecule has 41 heavy (non-hydrogen) atoms. The van der Waals surface area contributed by atoms with Gasteiger partial charge in [0.05, 0.1) is 36.1 Å². The number of sulfone groups is 1. The first-order valence-electron chi connectivity index (χ1n) is 13.1. The first kappa shape index (κ1) is 29.1. The number of benzene rings is 1. The molecule has 0 unspecified atom stereocenters. The fraction of sp³-hybridized carbons (Fsp3) is 0.500. The number of imidazole rings is 1. The Labute approximate surface area is 236 Å².